The van der Waals surface area contributed by atoms with E-state index >= 15 is 0 Å². The Kier molecular flexibility index (Phi) is 4.21. The molecular formula is C9H11O. The van der Waals surface area contributed by atoms with Gasteiger partial charge >= 0.3 is 0 Å². The molecule has 0 N–H and O–H groups in total. The van der Waals surface area contributed by atoms with Crippen LogP contribution in [0.25, 0.3) is 0 Å². The Morgan fingerprint density at radius 1 is 0.900 bits per heavy atom. The van der Waals surface area contributed by atoms with Gasteiger partial charge in [-0.05, 0) is 13.8 Å². The quantitative estimate of drug-likeness (QED) is 0.497. The van der Waals surface area contributed by atoms with Crippen LogP contribution in [0.5, 0.6) is 0 Å². The molecule has 0 bridgehead atoms. The molecule has 0 aromatic heterocycles. The second-order valence-corrected chi connectivity index (χ2v) is 2.15. The summed E-state index contributed by atoms with van der Waals surface area (Å²) in [5.74, 6) is 0. The van der Waals surface area contributed by atoms with Gasteiger partial charge in [-0.1, -0.05) is 35.4 Å². The molecule has 0 aliphatic heterocycles. The first-order valence-corrected chi connectivity index (χ1v) is 3.06. The molecule has 0 aliphatic carbocycles. The van der Waals surface area contributed by atoms with Crippen molar-refractivity contribution in [3.05, 3.63) is 35.4 Å². The molecule has 0 amide bonds. The van der Waals surface area contributed by atoms with Gasteiger partial charge in [0.2, 0.25) is 0 Å². The third-order valence-electron chi connectivity index (χ3n) is 1.22. The number of hydrogen-bond donors (Lipinski definition) is 0. The Hall–Kier alpha value is -1.11. The first-order valence-electron chi connectivity index (χ1n) is 3.06. The molecule has 1 heteroatoms. The summed E-state index contributed by atoms with van der Waals surface area (Å²) in [6.07, 6.45) is 0. The molecule has 0 spiro atoms. The van der Waals surface area contributed by atoms with Gasteiger partial charge in [0.15, 0.2) is 6.79 Å². The first-order chi connectivity index (χ1) is 4.79. The van der Waals surface area contributed by atoms with E-state index in [1.165, 1.54) is 11.1 Å². The molecule has 0 aliphatic rings. The lowest BCUT2D eigenvalue weighted by Crippen LogP contribution is -1.70. The van der Waals surface area contributed by atoms with E-state index in [2.05, 4.69) is 44.9 Å². The molecule has 10 heavy (non-hydrogen) atoms. The molecule has 1 aromatic carbocycles. The molecule has 53 valence electrons. The lowest BCUT2D eigenvalue weighted by Gasteiger charge is -1.90. The Morgan fingerprint density at radius 3 is 1.30 bits per heavy atom. The van der Waals surface area contributed by atoms with Crippen LogP contribution in [0.1, 0.15) is 11.1 Å². The predicted molar refractivity (Wildman–Crippen MR) is 42.7 cm³/mol. The average Bonchev–Trinajstić information content (AvgIpc) is 2.00. The third kappa shape index (κ3) is 3.02. The van der Waals surface area contributed by atoms with E-state index in [1.807, 2.05) is 0 Å². The zero-order valence-electron chi connectivity index (χ0n) is 6.29. The molecule has 1 nitrogen and oxygen atoms in total. The van der Waals surface area contributed by atoms with Gasteiger partial charge in [-0.15, -0.1) is 0 Å². The number of rotatable bonds is 0. The maximum Gasteiger partial charge on any atom is 0.182 e. The minimum absolute atomic E-state index is 1.33. The average molecular weight is 135 g/mol. The second-order valence-electron chi connectivity index (χ2n) is 2.15. The summed E-state index contributed by atoms with van der Waals surface area (Å²) < 4.78 is 0. The molecule has 0 saturated heterocycles. The molecule has 1 rings (SSSR count). The van der Waals surface area contributed by atoms with Gasteiger partial charge in [0.05, 0.1) is 0 Å². The van der Waals surface area contributed by atoms with Crippen LogP contribution < -0.4 is 0 Å². The van der Waals surface area contributed by atoms with Gasteiger partial charge in [0.1, 0.15) is 0 Å². The Morgan fingerprint density at radius 2 is 1.10 bits per heavy atom. The summed E-state index contributed by atoms with van der Waals surface area (Å²) in [5, 5.41) is 0. The predicted octanol–water partition coefficient (Wildman–Crippen LogP) is 2.03. The van der Waals surface area contributed by atoms with Crippen molar-refractivity contribution in [2.75, 3.05) is 0 Å². The van der Waals surface area contributed by atoms with E-state index in [-0.39, 0.29) is 0 Å². The summed E-state index contributed by atoms with van der Waals surface area (Å²) in [4.78, 5) is 7.75. The number of aryl methyl sites for hydroxylation is 2. The van der Waals surface area contributed by atoms with Crippen molar-refractivity contribution in [3.63, 3.8) is 0 Å². The van der Waals surface area contributed by atoms with Crippen molar-refractivity contribution in [1.29, 1.82) is 0 Å². The van der Waals surface area contributed by atoms with Crippen molar-refractivity contribution in [2.45, 2.75) is 13.8 Å². The Labute approximate surface area is 61.7 Å². The largest absolute Gasteiger partial charge is 0.295 e. The lowest BCUT2D eigenvalue weighted by molar-refractivity contribution is 0.574. The molecule has 0 fully saturated rings. The smallest absolute Gasteiger partial charge is 0.182 e. The van der Waals surface area contributed by atoms with Gasteiger partial charge in [-0.2, -0.15) is 0 Å². The maximum atomic E-state index is 7.75. The SMILES string of the molecule is Cc1ccc(C)cc1.[CH]=O. The Balaban J connectivity index is 0.000000371. The normalized spacial score (nSPS) is 7.80. The van der Waals surface area contributed by atoms with E-state index in [1.54, 1.807) is 0 Å². The molecule has 0 saturated carbocycles. The van der Waals surface area contributed by atoms with Crippen molar-refractivity contribution >= 4 is 6.79 Å². The summed E-state index contributed by atoms with van der Waals surface area (Å²) in [6, 6.07) is 8.48. The topological polar surface area (TPSA) is 17.1 Å². The minimum Gasteiger partial charge on any atom is -0.295 e. The van der Waals surface area contributed by atoms with E-state index in [9.17, 15) is 0 Å². The fourth-order valence-electron chi connectivity index (χ4n) is 0.637. The van der Waals surface area contributed by atoms with Crippen LogP contribution in [0, 0.1) is 13.8 Å². The van der Waals surface area contributed by atoms with Crippen molar-refractivity contribution in [2.24, 2.45) is 0 Å². The van der Waals surface area contributed by atoms with E-state index in [0.29, 0.717) is 0 Å². The van der Waals surface area contributed by atoms with Gasteiger partial charge in [0.25, 0.3) is 0 Å². The van der Waals surface area contributed by atoms with E-state index in [4.69, 9.17) is 4.79 Å². The standard InChI is InChI=1S/C8H10.CHO/c1-7-3-5-8(2)6-4-7;1-2/h3-6H,1-2H3;1H. The van der Waals surface area contributed by atoms with Crippen molar-refractivity contribution in [3.8, 4) is 0 Å². The highest BCUT2D eigenvalue weighted by atomic mass is 16.1. The Bertz CT molecular complexity index is 155. The van der Waals surface area contributed by atoms with Crippen LogP contribution in [0.15, 0.2) is 24.3 Å². The highest BCUT2D eigenvalue weighted by molar-refractivity contribution is 5.19. The maximum absolute atomic E-state index is 7.75. The van der Waals surface area contributed by atoms with Crippen molar-refractivity contribution < 1.29 is 4.79 Å². The fraction of sp³-hybridized carbons (Fsp3) is 0.222. The van der Waals surface area contributed by atoms with Crippen LogP contribution in [0.3, 0.4) is 0 Å². The number of hydrogen-bond acceptors (Lipinski definition) is 1. The fourth-order valence-corrected chi connectivity index (χ4v) is 0.637. The molecular weight excluding hydrogens is 124 g/mol. The highest BCUT2D eigenvalue weighted by Crippen LogP contribution is 1.99. The van der Waals surface area contributed by atoms with Gasteiger partial charge in [-0.25, -0.2) is 0 Å². The van der Waals surface area contributed by atoms with Crippen LogP contribution in [-0.4, -0.2) is 6.79 Å². The molecule has 1 aromatic rings. The van der Waals surface area contributed by atoms with Gasteiger partial charge in [-0.3, -0.25) is 4.79 Å². The van der Waals surface area contributed by atoms with Crippen LogP contribution >= 0.6 is 0 Å². The minimum atomic E-state index is 1.33. The first kappa shape index (κ1) is 8.89. The number of carbonyl (C=O) groups excluding carboxylic acids is 1. The third-order valence-corrected chi connectivity index (χ3v) is 1.22. The van der Waals surface area contributed by atoms with Gasteiger partial charge in [0, 0.05) is 0 Å². The van der Waals surface area contributed by atoms with Crippen LogP contribution in [0.4, 0.5) is 0 Å². The molecule has 0 unspecified atom stereocenters. The second kappa shape index (κ2) is 4.74. The summed E-state index contributed by atoms with van der Waals surface area (Å²) >= 11 is 0. The van der Waals surface area contributed by atoms with Crippen LogP contribution in [-0.2, 0) is 4.79 Å². The monoisotopic (exact) mass is 135 g/mol. The zero-order chi connectivity index (χ0) is 7.98. The van der Waals surface area contributed by atoms with Crippen LogP contribution in [0.2, 0.25) is 0 Å². The zero-order valence-corrected chi connectivity index (χ0v) is 6.29. The lowest BCUT2D eigenvalue weighted by atomic mass is 10.2. The molecule has 0 heterocycles. The summed E-state index contributed by atoms with van der Waals surface area (Å²) in [7, 11) is 0. The van der Waals surface area contributed by atoms with E-state index in [0.717, 1.165) is 0 Å². The summed E-state index contributed by atoms with van der Waals surface area (Å²) in [6.45, 7) is 7.44. The van der Waals surface area contributed by atoms with Crippen molar-refractivity contribution in [1.82, 2.24) is 0 Å². The molecule has 1 radical (unpaired) electrons. The summed E-state index contributed by atoms with van der Waals surface area (Å²) in [5.41, 5.74) is 2.66. The van der Waals surface area contributed by atoms with Gasteiger partial charge < -0.3 is 0 Å². The highest BCUT2D eigenvalue weighted by Gasteiger charge is 1.79. The molecule has 0 atom stereocenters. The van der Waals surface area contributed by atoms with E-state index < -0.39 is 0 Å². The number of benzene rings is 1.